The van der Waals surface area contributed by atoms with E-state index in [1.807, 2.05) is 0 Å². The fraction of sp³-hybridized carbons (Fsp3) is 0.846. The lowest BCUT2D eigenvalue weighted by Crippen LogP contribution is -2.04. The molecule has 0 spiro atoms. The van der Waals surface area contributed by atoms with Gasteiger partial charge in [0, 0.05) is 5.92 Å². The minimum absolute atomic E-state index is 0.208. The van der Waals surface area contributed by atoms with Crippen molar-refractivity contribution in [3.63, 3.8) is 0 Å². The normalized spacial score (nSPS) is 26.8. The van der Waals surface area contributed by atoms with E-state index in [0.29, 0.717) is 0 Å². The molecule has 0 aromatic carbocycles. The van der Waals surface area contributed by atoms with E-state index in [1.54, 1.807) is 7.11 Å². The number of oxime groups is 1. The quantitative estimate of drug-likeness (QED) is 0.636. The molecule has 1 aliphatic rings. The number of nitriles is 1. The fourth-order valence-corrected chi connectivity index (χ4v) is 2.21. The van der Waals surface area contributed by atoms with Crippen LogP contribution in [-0.2, 0) is 4.84 Å². The molecule has 0 bridgehead atoms. The van der Waals surface area contributed by atoms with Crippen LogP contribution in [-0.4, -0.2) is 12.8 Å². The van der Waals surface area contributed by atoms with E-state index < -0.39 is 0 Å². The summed E-state index contributed by atoms with van der Waals surface area (Å²) in [6, 6.07) is 2.41. The van der Waals surface area contributed by atoms with Crippen LogP contribution >= 0.6 is 0 Å². The lowest BCUT2D eigenvalue weighted by Gasteiger charge is -2.08. The molecule has 1 aliphatic carbocycles. The minimum Gasteiger partial charge on any atom is -0.399 e. The van der Waals surface area contributed by atoms with E-state index in [4.69, 9.17) is 10.1 Å². The van der Waals surface area contributed by atoms with Crippen molar-refractivity contribution in [2.45, 2.75) is 57.8 Å². The molecular formula is C13H22N2O. The van der Waals surface area contributed by atoms with Gasteiger partial charge in [0.05, 0.1) is 11.8 Å². The first-order valence-corrected chi connectivity index (χ1v) is 6.35. The largest absolute Gasteiger partial charge is 0.399 e. The molecule has 0 amide bonds. The Hall–Kier alpha value is -1.04. The van der Waals surface area contributed by atoms with E-state index in [1.165, 1.54) is 32.1 Å². The molecule has 0 aliphatic heterocycles. The van der Waals surface area contributed by atoms with Crippen molar-refractivity contribution < 1.29 is 4.84 Å². The molecular weight excluding hydrogens is 200 g/mol. The molecule has 3 nitrogen and oxygen atoms in total. The Bertz CT molecular complexity index is 255. The molecule has 1 atom stereocenters. The molecule has 90 valence electrons. The molecule has 0 N–H and O–H groups in total. The second-order valence-electron chi connectivity index (χ2n) is 4.51. The third-order valence-corrected chi connectivity index (χ3v) is 3.20. The van der Waals surface area contributed by atoms with Gasteiger partial charge in [-0.15, -0.1) is 0 Å². The zero-order chi connectivity index (χ0) is 11.6. The maximum atomic E-state index is 9.04. The van der Waals surface area contributed by atoms with Crippen LogP contribution in [0.3, 0.4) is 0 Å². The van der Waals surface area contributed by atoms with Gasteiger partial charge in [0.25, 0.3) is 0 Å². The third kappa shape index (κ3) is 5.16. The van der Waals surface area contributed by atoms with E-state index in [2.05, 4.69) is 11.2 Å². The Morgan fingerprint density at radius 2 is 1.88 bits per heavy atom. The molecule has 0 heterocycles. The summed E-state index contributed by atoms with van der Waals surface area (Å²) in [5, 5.41) is 13.1. The molecule has 16 heavy (non-hydrogen) atoms. The maximum Gasteiger partial charge on any atom is 0.106 e. The molecule has 1 saturated carbocycles. The lowest BCUT2D eigenvalue weighted by molar-refractivity contribution is 0.211. The van der Waals surface area contributed by atoms with Crippen LogP contribution in [0.4, 0.5) is 0 Å². The van der Waals surface area contributed by atoms with E-state index in [-0.39, 0.29) is 5.92 Å². The second kappa shape index (κ2) is 8.15. The smallest absolute Gasteiger partial charge is 0.106 e. The van der Waals surface area contributed by atoms with Gasteiger partial charge in [-0.05, 0) is 32.1 Å². The highest BCUT2D eigenvalue weighted by molar-refractivity contribution is 5.83. The summed E-state index contributed by atoms with van der Waals surface area (Å²) in [5.74, 6) is 0.208. The third-order valence-electron chi connectivity index (χ3n) is 3.20. The predicted molar refractivity (Wildman–Crippen MR) is 65.1 cm³/mol. The van der Waals surface area contributed by atoms with Crippen LogP contribution in [0.15, 0.2) is 5.16 Å². The summed E-state index contributed by atoms with van der Waals surface area (Å²) in [6.07, 6.45) is 10.2. The summed E-state index contributed by atoms with van der Waals surface area (Å²) in [6.45, 7) is 0. The molecule has 1 unspecified atom stereocenters. The first-order valence-electron chi connectivity index (χ1n) is 6.35. The molecule has 0 saturated heterocycles. The van der Waals surface area contributed by atoms with Gasteiger partial charge in [-0.3, -0.25) is 0 Å². The Labute approximate surface area is 98.5 Å². The van der Waals surface area contributed by atoms with Crippen LogP contribution in [0.2, 0.25) is 0 Å². The van der Waals surface area contributed by atoms with Gasteiger partial charge in [-0.25, -0.2) is 0 Å². The molecule has 0 radical (unpaired) electrons. The van der Waals surface area contributed by atoms with Gasteiger partial charge >= 0.3 is 0 Å². The van der Waals surface area contributed by atoms with Crippen LogP contribution < -0.4 is 0 Å². The standard InChI is InChI=1S/C13H22N2O/c1-16-15-13-8-6-4-2-3-5-7-12(11-14)9-10-13/h12H,2-10H2,1H3. The van der Waals surface area contributed by atoms with Crippen LogP contribution in [0, 0.1) is 17.2 Å². The van der Waals surface area contributed by atoms with Crippen LogP contribution in [0.1, 0.15) is 57.8 Å². The fourth-order valence-electron chi connectivity index (χ4n) is 2.21. The summed E-state index contributed by atoms with van der Waals surface area (Å²) in [7, 11) is 1.60. The monoisotopic (exact) mass is 222 g/mol. The predicted octanol–water partition coefficient (Wildman–Crippen LogP) is 3.65. The van der Waals surface area contributed by atoms with E-state index in [0.717, 1.165) is 31.4 Å². The van der Waals surface area contributed by atoms with E-state index >= 15 is 0 Å². The van der Waals surface area contributed by atoms with Gasteiger partial charge in [0.2, 0.25) is 0 Å². The Kier molecular flexibility index (Phi) is 6.64. The SMILES string of the molecule is CON=C1CCCCCCCC(C#N)CC1. The Morgan fingerprint density at radius 1 is 1.12 bits per heavy atom. The summed E-state index contributed by atoms with van der Waals surface area (Å²) in [4.78, 5) is 4.85. The maximum absolute atomic E-state index is 9.04. The second-order valence-corrected chi connectivity index (χ2v) is 4.51. The topological polar surface area (TPSA) is 45.4 Å². The summed E-state index contributed by atoms with van der Waals surface area (Å²) >= 11 is 0. The first-order chi connectivity index (χ1) is 7.86. The van der Waals surface area contributed by atoms with Gasteiger partial charge < -0.3 is 4.84 Å². The Balaban J connectivity index is 2.50. The van der Waals surface area contributed by atoms with Crippen molar-refractivity contribution >= 4 is 5.71 Å². The molecule has 1 rings (SSSR count). The number of nitrogens with zero attached hydrogens (tertiary/aromatic N) is 2. The van der Waals surface area contributed by atoms with Gasteiger partial charge in [0.1, 0.15) is 7.11 Å². The zero-order valence-electron chi connectivity index (χ0n) is 10.2. The number of hydrogen-bond donors (Lipinski definition) is 0. The number of hydrogen-bond acceptors (Lipinski definition) is 3. The van der Waals surface area contributed by atoms with Gasteiger partial charge in [-0.2, -0.15) is 5.26 Å². The van der Waals surface area contributed by atoms with Crippen LogP contribution in [0.5, 0.6) is 0 Å². The first kappa shape index (κ1) is 13.0. The van der Waals surface area contributed by atoms with E-state index in [9.17, 15) is 0 Å². The average Bonchev–Trinajstić information content (AvgIpc) is 2.35. The van der Waals surface area contributed by atoms with Crippen molar-refractivity contribution in [1.82, 2.24) is 0 Å². The summed E-state index contributed by atoms with van der Waals surface area (Å²) < 4.78 is 0. The van der Waals surface area contributed by atoms with Gasteiger partial charge in [0.15, 0.2) is 0 Å². The zero-order valence-corrected chi connectivity index (χ0v) is 10.2. The highest BCUT2D eigenvalue weighted by Gasteiger charge is 2.11. The van der Waals surface area contributed by atoms with Crippen molar-refractivity contribution in [2.75, 3.05) is 7.11 Å². The average molecular weight is 222 g/mol. The van der Waals surface area contributed by atoms with Gasteiger partial charge in [-0.1, -0.05) is 30.8 Å². The van der Waals surface area contributed by atoms with Crippen molar-refractivity contribution in [3.05, 3.63) is 0 Å². The molecule has 3 heteroatoms. The molecule has 0 aromatic heterocycles. The Morgan fingerprint density at radius 3 is 2.62 bits per heavy atom. The van der Waals surface area contributed by atoms with Crippen molar-refractivity contribution in [3.8, 4) is 6.07 Å². The summed E-state index contributed by atoms with van der Waals surface area (Å²) in [5.41, 5.74) is 1.13. The number of rotatable bonds is 1. The minimum atomic E-state index is 0.208. The van der Waals surface area contributed by atoms with Crippen molar-refractivity contribution in [2.24, 2.45) is 11.1 Å². The highest BCUT2D eigenvalue weighted by atomic mass is 16.6. The molecule has 0 aromatic rings. The lowest BCUT2D eigenvalue weighted by atomic mass is 9.96. The molecule has 1 fully saturated rings. The highest BCUT2D eigenvalue weighted by Crippen LogP contribution is 2.19. The van der Waals surface area contributed by atoms with Crippen molar-refractivity contribution in [1.29, 1.82) is 5.26 Å². The van der Waals surface area contributed by atoms with Crippen LogP contribution in [0.25, 0.3) is 0 Å².